The van der Waals surface area contributed by atoms with Crippen molar-refractivity contribution in [3.8, 4) is 11.5 Å². The maximum Gasteiger partial charge on any atom is 0.276 e. The SMILES string of the molecule is CCOc1cc(O)cc([N+](=O)[O-])c1. The summed E-state index contributed by atoms with van der Waals surface area (Å²) >= 11 is 0. The van der Waals surface area contributed by atoms with Gasteiger partial charge in [0.2, 0.25) is 0 Å². The van der Waals surface area contributed by atoms with Crippen molar-refractivity contribution < 1.29 is 14.8 Å². The molecule has 0 spiro atoms. The van der Waals surface area contributed by atoms with E-state index >= 15 is 0 Å². The van der Waals surface area contributed by atoms with E-state index in [4.69, 9.17) is 9.84 Å². The van der Waals surface area contributed by atoms with Gasteiger partial charge >= 0.3 is 0 Å². The molecule has 0 aliphatic rings. The lowest BCUT2D eigenvalue weighted by atomic mass is 10.3. The Kier molecular flexibility index (Phi) is 2.69. The van der Waals surface area contributed by atoms with E-state index < -0.39 is 4.92 Å². The van der Waals surface area contributed by atoms with Gasteiger partial charge in [-0.1, -0.05) is 0 Å². The minimum Gasteiger partial charge on any atom is -0.508 e. The zero-order valence-electron chi connectivity index (χ0n) is 7.06. The van der Waals surface area contributed by atoms with Gasteiger partial charge in [-0.25, -0.2) is 0 Å². The van der Waals surface area contributed by atoms with Crippen LogP contribution >= 0.6 is 0 Å². The largest absolute Gasteiger partial charge is 0.508 e. The first kappa shape index (κ1) is 9.31. The van der Waals surface area contributed by atoms with Gasteiger partial charge in [0.15, 0.2) is 0 Å². The number of benzene rings is 1. The molecule has 13 heavy (non-hydrogen) atoms. The molecule has 70 valence electrons. The fourth-order valence-corrected chi connectivity index (χ4v) is 0.923. The number of hydrogen-bond donors (Lipinski definition) is 1. The average Bonchev–Trinajstić information content (AvgIpc) is 2.03. The van der Waals surface area contributed by atoms with E-state index in [1.54, 1.807) is 6.92 Å². The van der Waals surface area contributed by atoms with Crippen molar-refractivity contribution in [3.63, 3.8) is 0 Å². The summed E-state index contributed by atoms with van der Waals surface area (Å²) in [7, 11) is 0. The molecule has 1 N–H and O–H groups in total. The molecule has 1 aromatic carbocycles. The lowest BCUT2D eigenvalue weighted by Gasteiger charge is -2.02. The summed E-state index contributed by atoms with van der Waals surface area (Å²) in [4.78, 5) is 9.77. The number of nitro groups is 1. The molecule has 0 fully saturated rings. The Morgan fingerprint density at radius 3 is 2.77 bits per heavy atom. The molecule has 0 saturated heterocycles. The van der Waals surface area contributed by atoms with Gasteiger partial charge in [-0.05, 0) is 6.92 Å². The summed E-state index contributed by atoms with van der Waals surface area (Å²) in [6, 6.07) is 3.67. The fraction of sp³-hybridized carbons (Fsp3) is 0.250. The minimum atomic E-state index is -0.581. The smallest absolute Gasteiger partial charge is 0.276 e. The second kappa shape index (κ2) is 3.75. The van der Waals surface area contributed by atoms with Crippen LogP contribution in [0.15, 0.2) is 18.2 Å². The van der Waals surface area contributed by atoms with Gasteiger partial charge in [0, 0.05) is 6.07 Å². The highest BCUT2D eigenvalue weighted by molar-refractivity contribution is 5.45. The van der Waals surface area contributed by atoms with Crippen LogP contribution in [0.1, 0.15) is 6.92 Å². The number of aromatic hydroxyl groups is 1. The molecule has 0 bridgehead atoms. The predicted octanol–water partition coefficient (Wildman–Crippen LogP) is 1.70. The van der Waals surface area contributed by atoms with E-state index in [-0.39, 0.29) is 11.4 Å². The van der Waals surface area contributed by atoms with Crippen molar-refractivity contribution in [3.05, 3.63) is 28.3 Å². The number of nitro benzene ring substituents is 1. The van der Waals surface area contributed by atoms with Gasteiger partial charge in [-0.3, -0.25) is 10.1 Å². The van der Waals surface area contributed by atoms with Gasteiger partial charge in [0.25, 0.3) is 5.69 Å². The monoisotopic (exact) mass is 183 g/mol. The summed E-state index contributed by atoms with van der Waals surface area (Å²) in [5, 5.41) is 19.4. The molecule has 5 heteroatoms. The van der Waals surface area contributed by atoms with Crippen LogP contribution < -0.4 is 4.74 Å². The minimum absolute atomic E-state index is 0.169. The highest BCUT2D eigenvalue weighted by atomic mass is 16.6. The summed E-state index contributed by atoms with van der Waals surface area (Å²) in [5.41, 5.74) is -0.177. The van der Waals surface area contributed by atoms with Crippen molar-refractivity contribution in [1.82, 2.24) is 0 Å². The topological polar surface area (TPSA) is 72.6 Å². The molecular formula is C8H9NO4. The zero-order valence-corrected chi connectivity index (χ0v) is 7.06. The van der Waals surface area contributed by atoms with Gasteiger partial charge < -0.3 is 9.84 Å². The molecule has 5 nitrogen and oxygen atoms in total. The first-order valence-corrected chi connectivity index (χ1v) is 3.74. The molecule has 0 amide bonds. The van der Waals surface area contributed by atoms with Crippen molar-refractivity contribution in [2.24, 2.45) is 0 Å². The number of phenols is 1. The summed E-state index contributed by atoms with van der Waals surface area (Å²) in [5.74, 6) is 0.131. The standard InChI is InChI=1S/C8H9NO4/c1-2-13-8-4-6(9(11)12)3-7(10)5-8/h3-5,10H,2H2,1H3. The van der Waals surface area contributed by atoms with Crippen molar-refractivity contribution in [2.45, 2.75) is 6.92 Å². The van der Waals surface area contributed by atoms with E-state index in [2.05, 4.69) is 0 Å². The van der Waals surface area contributed by atoms with Crippen molar-refractivity contribution >= 4 is 5.69 Å². The van der Waals surface area contributed by atoms with Crippen LogP contribution in [0.25, 0.3) is 0 Å². The second-order valence-corrected chi connectivity index (χ2v) is 2.38. The highest BCUT2D eigenvalue weighted by Gasteiger charge is 2.09. The molecule has 1 aromatic rings. The molecule has 0 radical (unpaired) electrons. The van der Waals surface area contributed by atoms with Crippen LogP contribution in [0.2, 0.25) is 0 Å². The first-order chi connectivity index (χ1) is 6.13. The molecule has 0 saturated carbocycles. The van der Waals surface area contributed by atoms with Gasteiger partial charge in [-0.15, -0.1) is 0 Å². The summed E-state index contributed by atoms with van der Waals surface area (Å²) < 4.78 is 5.01. The zero-order chi connectivity index (χ0) is 9.84. The van der Waals surface area contributed by atoms with Crippen LogP contribution in [-0.2, 0) is 0 Å². The van der Waals surface area contributed by atoms with Crippen LogP contribution in [0.4, 0.5) is 5.69 Å². The van der Waals surface area contributed by atoms with Crippen molar-refractivity contribution in [1.29, 1.82) is 0 Å². The highest BCUT2D eigenvalue weighted by Crippen LogP contribution is 2.26. The van der Waals surface area contributed by atoms with Crippen LogP contribution in [-0.4, -0.2) is 16.6 Å². The molecule has 0 aliphatic heterocycles. The molecule has 0 unspecified atom stereocenters. The second-order valence-electron chi connectivity index (χ2n) is 2.38. The lowest BCUT2D eigenvalue weighted by Crippen LogP contribution is -1.93. The third-order valence-electron chi connectivity index (χ3n) is 1.40. The number of hydrogen-bond acceptors (Lipinski definition) is 4. The Bertz CT molecular complexity index is 324. The number of ether oxygens (including phenoxy) is 1. The normalized spacial score (nSPS) is 9.62. The van der Waals surface area contributed by atoms with Crippen LogP contribution in [0.5, 0.6) is 11.5 Å². The maximum atomic E-state index is 10.3. The number of non-ortho nitro benzene ring substituents is 1. The quantitative estimate of drug-likeness (QED) is 0.571. The number of phenolic OH excluding ortho intramolecular Hbond substituents is 1. The van der Waals surface area contributed by atoms with E-state index in [9.17, 15) is 10.1 Å². The van der Waals surface area contributed by atoms with Gasteiger partial charge in [0.1, 0.15) is 11.5 Å². The molecule has 1 rings (SSSR count). The maximum absolute atomic E-state index is 10.3. The van der Waals surface area contributed by atoms with Crippen LogP contribution in [0.3, 0.4) is 0 Å². The number of nitrogens with zero attached hydrogens (tertiary/aromatic N) is 1. The van der Waals surface area contributed by atoms with E-state index in [1.807, 2.05) is 0 Å². The van der Waals surface area contributed by atoms with Crippen molar-refractivity contribution in [2.75, 3.05) is 6.61 Å². The molecular weight excluding hydrogens is 174 g/mol. The third kappa shape index (κ3) is 2.33. The Balaban J connectivity index is 3.03. The van der Waals surface area contributed by atoms with Crippen LogP contribution in [0, 0.1) is 10.1 Å². The third-order valence-corrected chi connectivity index (χ3v) is 1.40. The Morgan fingerprint density at radius 1 is 1.54 bits per heavy atom. The Hall–Kier alpha value is -1.78. The molecule has 0 aromatic heterocycles. The number of rotatable bonds is 3. The van der Waals surface area contributed by atoms with E-state index in [1.165, 1.54) is 12.1 Å². The average molecular weight is 183 g/mol. The predicted molar refractivity (Wildman–Crippen MR) is 45.9 cm³/mol. The van der Waals surface area contributed by atoms with E-state index in [0.29, 0.717) is 12.4 Å². The Labute approximate surface area is 74.7 Å². The molecule has 0 atom stereocenters. The summed E-state index contributed by atoms with van der Waals surface area (Å²) in [6.07, 6.45) is 0. The Morgan fingerprint density at radius 2 is 2.23 bits per heavy atom. The van der Waals surface area contributed by atoms with E-state index in [0.717, 1.165) is 6.07 Å². The summed E-state index contributed by atoms with van der Waals surface area (Å²) in [6.45, 7) is 2.16. The lowest BCUT2D eigenvalue weighted by molar-refractivity contribution is -0.385. The molecule has 0 aliphatic carbocycles. The van der Waals surface area contributed by atoms with Gasteiger partial charge in [0.05, 0.1) is 23.7 Å². The molecule has 0 heterocycles. The first-order valence-electron chi connectivity index (χ1n) is 3.74. The van der Waals surface area contributed by atoms with Gasteiger partial charge in [-0.2, -0.15) is 0 Å². The fourth-order valence-electron chi connectivity index (χ4n) is 0.923.